The summed E-state index contributed by atoms with van der Waals surface area (Å²) in [6.07, 6.45) is 1.26. The van der Waals surface area contributed by atoms with Crippen LogP contribution in [0.25, 0.3) is 0 Å². The van der Waals surface area contributed by atoms with Gasteiger partial charge >= 0.3 is 0 Å². The lowest BCUT2D eigenvalue weighted by Crippen LogP contribution is -2.51. The summed E-state index contributed by atoms with van der Waals surface area (Å²) in [7, 11) is 0. The average Bonchev–Trinajstić information content (AvgIpc) is 2.24. The Morgan fingerprint density at radius 3 is 2.00 bits per heavy atom. The summed E-state index contributed by atoms with van der Waals surface area (Å²) in [6.45, 7) is 10.5. The molecule has 0 fully saturated rings. The smallest absolute Gasteiger partial charge is 0.220 e. The van der Waals surface area contributed by atoms with Crippen LogP contribution in [0.4, 0.5) is 0 Å². The lowest BCUT2D eigenvalue weighted by molar-refractivity contribution is -0.124. The molecule has 0 bridgehead atoms. The van der Waals surface area contributed by atoms with Crippen LogP contribution in [0.2, 0.25) is 0 Å². The number of hydrogen-bond acceptors (Lipinski definition) is 1. The van der Waals surface area contributed by atoms with Crippen LogP contribution >= 0.6 is 23.2 Å². The molecule has 102 valence electrons. The third kappa shape index (κ3) is 5.48. The largest absolute Gasteiger partial charge is 0.348 e. The summed E-state index contributed by atoms with van der Waals surface area (Å²) >= 11 is 11.8. The van der Waals surface area contributed by atoms with E-state index in [9.17, 15) is 4.79 Å². The summed E-state index contributed by atoms with van der Waals surface area (Å²) < 4.78 is 0. The first-order valence-corrected chi connectivity index (χ1v) is 7.20. The van der Waals surface area contributed by atoms with Crippen LogP contribution in [-0.4, -0.2) is 23.2 Å². The molecule has 0 aliphatic rings. The number of rotatable bonds is 6. The number of amides is 1. The van der Waals surface area contributed by atoms with Gasteiger partial charge < -0.3 is 5.32 Å². The van der Waals surface area contributed by atoms with Crippen LogP contribution < -0.4 is 5.32 Å². The number of halogens is 2. The molecule has 0 radical (unpaired) electrons. The van der Waals surface area contributed by atoms with Crippen molar-refractivity contribution >= 4 is 29.1 Å². The van der Waals surface area contributed by atoms with Crippen molar-refractivity contribution in [1.82, 2.24) is 5.32 Å². The minimum Gasteiger partial charge on any atom is -0.348 e. The normalized spacial score (nSPS) is 14.5. The quantitative estimate of drug-likeness (QED) is 0.738. The average molecular weight is 282 g/mol. The molecular weight excluding hydrogens is 257 g/mol. The van der Waals surface area contributed by atoms with Crippen molar-refractivity contribution in [2.75, 3.05) is 11.8 Å². The molecule has 1 amide bonds. The summed E-state index contributed by atoms with van der Waals surface area (Å²) in [5.41, 5.74) is -0.327. The zero-order chi connectivity index (χ0) is 13.7. The molecule has 17 heavy (non-hydrogen) atoms. The van der Waals surface area contributed by atoms with Crippen LogP contribution in [0.1, 0.15) is 47.5 Å². The predicted molar refractivity (Wildman–Crippen MR) is 75.8 cm³/mol. The van der Waals surface area contributed by atoms with Crippen LogP contribution in [-0.2, 0) is 4.79 Å². The molecule has 0 saturated heterocycles. The standard InChI is InChI=1S/C13H25Cl2NO/c1-6-13(8-14,9-15)16-11(17)7-10(2)12(3,4)5/h10H,6-9H2,1-5H3,(H,16,17). The Labute approximate surface area is 115 Å². The minimum absolute atomic E-state index is 0.0376. The van der Waals surface area contributed by atoms with Crippen molar-refractivity contribution in [3.05, 3.63) is 0 Å². The van der Waals surface area contributed by atoms with Crippen LogP contribution in [0, 0.1) is 11.3 Å². The molecule has 1 atom stereocenters. The van der Waals surface area contributed by atoms with E-state index >= 15 is 0 Å². The molecule has 0 aromatic carbocycles. The van der Waals surface area contributed by atoms with Gasteiger partial charge in [-0.3, -0.25) is 4.79 Å². The van der Waals surface area contributed by atoms with Crippen molar-refractivity contribution in [2.24, 2.45) is 11.3 Å². The van der Waals surface area contributed by atoms with Gasteiger partial charge in [-0.25, -0.2) is 0 Å². The second-order valence-corrected chi connectivity index (χ2v) is 6.46. The Kier molecular flexibility index (Phi) is 6.86. The Bertz CT molecular complexity index is 236. The number of carbonyl (C=O) groups is 1. The van der Waals surface area contributed by atoms with Gasteiger partial charge in [-0.1, -0.05) is 34.6 Å². The van der Waals surface area contributed by atoms with E-state index in [0.29, 0.717) is 24.1 Å². The fourth-order valence-corrected chi connectivity index (χ4v) is 2.11. The zero-order valence-corrected chi connectivity index (χ0v) is 13.1. The van der Waals surface area contributed by atoms with Gasteiger partial charge in [0, 0.05) is 18.2 Å². The fraction of sp³-hybridized carbons (Fsp3) is 0.923. The van der Waals surface area contributed by atoms with E-state index in [0.717, 1.165) is 6.42 Å². The molecule has 0 aliphatic carbocycles. The maximum Gasteiger partial charge on any atom is 0.220 e. The maximum absolute atomic E-state index is 12.0. The summed E-state index contributed by atoms with van der Waals surface area (Å²) in [4.78, 5) is 12.0. The van der Waals surface area contributed by atoms with Gasteiger partial charge in [0.1, 0.15) is 0 Å². The zero-order valence-electron chi connectivity index (χ0n) is 11.6. The molecule has 0 aromatic rings. The molecule has 0 aromatic heterocycles. The van der Waals surface area contributed by atoms with E-state index in [2.05, 4.69) is 33.0 Å². The number of hydrogen-bond donors (Lipinski definition) is 1. The van der Waals surface area contributed by atoms with E-state index in [1.54, 1.807) is 0 Å². The third-order valence-electron chi connectivity index (χ3n) is 3.56. The van der Waals surface area contributed by atoms with Crippen molar-refractivity contribution in [1.29, 1.82) is 0 Å². The fourth-order valence-electron chi connectivity index (χ4n) is 1.31. The van der Waals surface area contributed by atoms with Gasteiger partial charge in [0.05, 0.1) is 5.54 Å². The number of carbonyl (C=O) groups excluding carboxylic acids is 1. The van der Waals surface area contributed by atoms with Crippen LogP contribution in [0.3, 0.4) is 0 Å². The highest BCUT2D eigenvalue weighted by Gasteiger charge is 2.30. The second kappa shape index (κ2) is 6.84. The number of alkyl halides is 2. The van der Waals surface area contributed by atoms with E-state index < -0.39 is 5.54 Å². The summed E-state index contributed by atoms with van der Waals surface area (Å²) in [6, 6.07) is 0. The monoisotopic (exact) mass is 281 g/mol. The van der Waals surface area contributed by atoms with Gasteiger partial charge in [-0.2, -0.15) is 0 Å². The molecule has 1 unspecified atom stereocenters. The highest BCUT2D eigenvalue weighted by atomic mass is 35.5. The molecule has 1 N–H and O–H groups in total. The molecule has 0 spiro atoms. The molecular formula is C13H25Cl2NO. The topological polar surface area (TPSA) is 29.1 Å². The van der Waals surface area contributed by atoms with E-state index in [1.165, 1.54) is 0 Å². The first kappa shape index (κ1) is 17.1. The maximum atomic E-state index is 12.0. The van der Waals surface area contributed by atoms with E-state index in [1.807, 2.05) is 6.92 Å². The minimum atomic E-state index is -0.461. The lowest BCUT2D eigenvalue weighted by Gasteiger charge is -2.32. The van der Waals surface area contributed by atoms with Crippen LogP contribution in [0.15, 0.2) is 0 Å². The predicted octanol–water partition coefficient (Wildman–Crippen LogP) is 3.80. The number of nitrogens with one attached hydrogen (secondary N) is 1. The van der Waals surface area contributed by atoms with Gasteiger partial charge in [-0.05, 0) is 17.8 Å². The lowest BCUT2D eigenvalue weighted by atomic mass is 9.80. The van der Waals surface area contributed by atoms with E-state index in [-0.39, 0.29) is 11.3 Å². The Hall–Kier alpha value is 0.0500. The molecule has 0 saturated carbocycles. The van der Waals surface area contributed by atoms with Gasteiger partial charge in [-0.15, -0.1) is 23.2 Å². The van der Waals surface area contributed by atoms with Crippen molar-refractivity contribution in [2.45, 2.75) is 53.0 Å². The van der Waals surface area contributed by atoms with Gasteiger partial charge in [0.25, 0.3) is 0 Å². The summed E-state index contributed by atoms with van der Waals surface area (Å²) in [5.74, 6) is 1.06. The third-order valence-corrected chi connectivity index (χ3v) is 4.59. The Balaban J connectivity index is 4.45. The van der Waals surface area contributed by atoms with Crippen molar-refractivity contribution in [3.63, 3.8) is 0 Å². The van der Waals surface area contributed by atoms with E-state index in [4.69, 9.17) is 23.2 Å². The van der Waals surface area contributed by atoms with Gasteiger partial charge in [0.15, 0.2) is 0 Å². The molecule has 0 rings (SSSR count). The molecule has 0 aliphatic heterocycles. The SMILES string of the molecule is CCC(CCl)(CCl)NC(=O)CC(C)C(C)(C)C. The summed E-state index contributed by atoms with van der Waals surface area (Å²) in [5, 5.41) is 2.98. The van der Waals surface area contributed by atoms with Crippen LogP contribution in [0.5, 0.6) is 0 Å². The highest BCUT2D eigenvalue weighted by Crippen LogP contribution is 2.28. The highest BCUT2D eigenvalue weighted by molar-refractivity contribution is 6.22. The Morgan fingerprint density at radius 1 is 1.24 bits per heavy atom. The molecule has 0 heterocycles. The Morgan fingerprint density at radius 2 is 1.71 bits per heavy atom. The van der Waals surface area contributed by atoms with Crippen molar-refractivity contribution < 1.29 is 4.79 Å². The first-order chi connectivity index (χ1) is 7.70. The second-order valence-electron chi connectivity index (χ2n) is 5.92. The van der Waals surface area contributed by atoms with Gasteiger partial charge in [0.2, 0.25) is 5.91 Å². The molecule has 4 heteroatoms. The van der Waals surface area contributed by atoms with Crippen molar-refractivity contribution in [3.8, 4) is 0 Å². The molecule has 2 nitrogen and oxygen atoms in total. The first-order valence-electron chi connectivity index (χ1n) is 6.13.